The van der Waals surface area contributed by atoms with Gasteiger partial charge in [-0.2, -0.15) is 17.6 Å². The number of benzene rings is 1. The van der Waals surface area contributed by atoms with Crippen LogP contribution in [0.4, 0.5) is 22.7 Å². The standard InChI is InChI=1S/C22H19F4N5OS/c23-19-7-15-6-13(2-3-14(15)9-29-19)20-17(11-32)31-21(33-20)30-10-16(27)5-12-1-4-18(28-8-12)22(24,25)26/h1-4,6-9,16,32H,5,10-11,27H2,(H,30,31)/t16-/m1/s1. The quantitative estimate of drug-likeness (QED) is 0.270. The molecule has 11 heteroatoms. The number of hydrogen-bond acceptors (Lipinski definition) is 7. The summed E-state index contributed by atoms with van der Waals surface area (Å²) >= 11 is 1.32. The Labute approximate surface area is 190 Å². The zero-order valence-electron chi connectivity index (χ0n) is 17.1. The summed E-state index contributed by atoms with van der Waals surface area (Å²) in [5, 5.41) is 14.9. The lowest BCUT2D eigenvalue weighted by atomic mass is 10.1. The van der Waals surface area contributed by atoms with E-state index in [1.807, 2.05) is 12.1 Å². The highest BCUT2D eigenvalue weighted by Crippen LogP contribution is 2.35. The van der Waals surface area contributed by atoms with Crippen molar-refractivity contribution in [3.63, 3.8) is 0 Å². The maximum Gasteiger partial charge on any atom is 0.433 e. The van der Waals surface area contributed by atoms with E-state index in [0.29, 0.717) is 34.7 Å². The van der Waals surface area contributed by atoms with E-state index in [-0.39, 0.29) is 6.61 Å². The molecule has 33 heavy (non-hydrogen) atoms. The van der Waals surface area contributed by atoms with Crippen molar-refractivity contribution in [3.05, 3.63) is 71.7 Å². The number of fused-ring (bicyclic) bond motifs is 1. The van der Waals surface area contributed by atoms with Crippen molar-refractivity contribution >= 4 is 27.2 Å². The molecule has 4 rings (SSSR count). The minimum Gasteiger partial charge on any atom is -0.390 e. The molecule has 0 spiro atoms. The van der Waals surface area contributed by atoms with Crippen molar-refractivity contribution in [3.8, 4) is 10.4 Å². The zero-order valence-corrected chi connectivity index (χ0v) is 17.9. The van der Waals surface area contributed by atoms with Crippen molar-refractivity contribution in [1.82, 2.24) is 15.0 Å². The van der Waals surface area contributed by atoms with Gasteiger partial charge in [0.2, 0.25) is 5.95 Å². The molecule has 4 aromatic rings. The fourth-order valence-electron chi connectivity index (χ4n) is 3.32. The number of nitrogens with zero attached hydrogens (tertiary/aromatic N) is 3. The Bertz CT molecular complexity index is 1260. The number of aliphatic hydroxyl groups is 1. The van der Waals surface area contributed by atoms with E-state index in [0.717, 1.165) is 21.9 Å². The van der Waals surface area contributed by atoms with Crippen LogP contribution in [0.25, 0.3) is 21.2 Å². The molecular weight excluding hydrogens is 458 g/mol. The number of nitrogens with one attached hydrogen (secondary N) is 1. The fraction of sp³-hybridized carbons (Fsp3) is 0.227. The number of anilines is 1. The summed E-state index contributed by atoms with van der Waals surface area (Å²) in [6, 6.07) is 8.71. The van der Waals surface area contributed by atoms with Crippen LogP contribution in [0.15, 0.2) is 48.8 Å². The summed E-state index contributed by atoms with van der Waals surface area (Å²) in [5.74, 6) is -0.578. The molecule has 0 unspecified atom stereocenters. The number of nitrogens with two attached hydrogens (primary N) is 1. The Morgan fingerprint density at radius 1 is 1.06 bits per heavy atom. The first-order valence-corrected chi connectivity index (χ1v) is 10.7. The number of thiazole rings is 1. The van der Waals surface area contributed by atoms with Gasteiger partial charge in [-0.25, -0.2) is 9.97 Å². The van der Waals surface area contributed by atoms with Gasteiger partial charge in [0.15, 0.2) is 5.13 Å². The van der Waals surface area contributed by atoms with Crippen LogP contribution in [0, 0.1) is 5.95 Å². The fourth-order valence-corrected chi connectivity index (χ4v) is 4.30. The van der Waals surface area contributed by atoms with Crippen molar-refractivity contribution in [1.29, 1.82) is 0 Å². The average Bonchev–Trinajstić information content (AvgIpc) is 3.20. The van der Waals surface area contributed by atoms with E-state index in [4.69, 9.17) is 5.73 Å². The van der Waals surface area contributed by atoms with Gasteiger partial charge in [-0.1, -0.05) is 29.5 Å². The molecule has 0 aliphatic rings. The average molecular weight is 477 g/mol. The number of hydrogen-bond donors (Lipinski definition) is 3. The van der Waals surface area contributed by atoms with Crippen molar-refractivity contribution in [2.24, 2.45) is 5.73 Å². The summed E-state index contributed by atoms with van der Waals surface area (Å²) in [4.78, 5) is 12.2. The molecule has 0 radical (unpaired) electrons. The summed E-state index contributed by atoms with van der Waals surface area (Å²) in [5.41, 5.74) is 7.01. The van der Waals surface area contributed by atoms with E-state index in [1.54, 1.807) is 6.07 Å². The first kappa shape index (κ1) is 23.0. The minimum atomic E-state index is -4.48. The van der Waals surface area contributed by atoms with Gasteiger partial charge in [0.05, 0.1) is 17.2 Å². The van der Waals surface area contributed by atoms with Gasteiger partial charge in [0.25, 0.3) is 0 Å². The van der Waals surface area contributed by atoms with Crippen LogP contribution in [-0.2, 0) is 19.2 Å². The Hall–Kier alpha value is -3.15. The molecule has 4 N–H and O–H groups in total. The second-order valence-corrected chi connectivity index (χ2v) is 8.42. The molecule has 0 amide bonds. The first-order chi connectivity index (χ1) is 15.7. The highest BCUT2D eigenvalue weighted by molar-refractivity contribution is 7.19. The number of halogens is 4. The highest BCUT2D eigenvalue weighted by Gasteiger charge is 2.32. The maximum absolute atomic E-state index is 13.5. The molecule has 0 bridgehead atoms. The lowest BCUT2D eigenvalue weighted by molar-refractivity contribution is -0.141. The molecule has 172 valence electrons. The number of pyridine rings is 2. The molecule has 6 nitrogen and oxygen atoms in total. The normalized spacial score (nSPS) is 12.8. The van der Waals surface area contributed by atoms with Crippen molar-refractivity contribution in [2.45, 2.75) is 25.2 Å². The Morgan fingerprint density at radius 3 is 2.58 bits per heavy atom. The maximum atomic E-state index is 13.5. The van der Waals surface area contributed by atoms with E-state index < -0.39 is 23.9 Å². The molecule has 0 fully saturated rings. The second-order valence-electron chi connectivity index (χ2n) is 7.42. The molecule has 1 atom stereocenters. The van der Waals surface area contributed by atoms with Crippen molar-refractivity contribution in [2.75, 3.05) is 11.9 Å². The molecule has 0 aliphatic heterocycles. The van der Waals surface area contributed by atoms with Crippen molar-refractivity contribution < 1.29 is 22.7 Å². The van der Waals surface area contributed by atoms with Gasteiger partial charge >= 0.3 is 6.18 Å². The predicted molar refractivity (Wildman–Crippen MR) is 118 cm³/mol. The van der Waals surface area contributed by atoms with Crippen LogP contribution < -0.4 is 11.1 Å². The molecule has 3 heterocycles. The van der Waals surface area contributed by atoms with Crippen LogP contribution in [0.1, 0.15) is 17.0 Å². The minimum absolute atomic E-state index is 0.278. The summed E-state index contributed by atoms with van der Waals surface area (Å²) in [7, 11) is 0. The van der Waals surface area contributed by atoms with Gasteiger partial charge < -0.3 is 16.2 Å². The third kappa shape index (κ3) is 5.44. The van der Waals surface area contributed by atoms with Crippen LogP contribution in [-0.4, -0.2) is 32.6 Å². The Balaban J connectivity index is 1.44. The van der Waals surface area contributed by atoms with Gasteiger partial charge in [0.1, 0.15) is 5.69 Å². The van der Waals surface area contributed by atoms with E-state index in [2.05, 4.69) is 20.3 Å². The molecular formula is C22H19F4N5OS. The van der Waals surface area contributed by atoms with Gasteiger partial charge in [-0.3, -0.25) is 4.98 Å². The Kier molecular flexibility index (Phi) is 6.54. The van der Waals surface area contributed by atoms with Gasteiger partial charge in [-0.15, -0.1) is 0 Å². The number of rotatable bonds is 7. The topological polar surface area (TPSA) is 97.0 Å². The SMILES string of the molecule is N[C@@H](CNc1nc(CO)c(-c2ccc3cnc(F)cc3c2)s1)Cc1ccc(C(F)(F)F)nc1. The summed E-state index contributed by atoms with van der Waals surface area (Å²) in [6.45, 7) is 0.0347. The third-order valence-corrected chi connectivity index (χ3v) is 6.03. The van der Waals surface area contributed by atoms with E-state index >= 15 is 0 Å². The number of alkyl halides is 3. The van der Waals surface area contributed by atoms with Crippen LogP contribution in [0.5, 0.6) is 0 Å². The van der Waals surface area contributed by atoms with Crippen LogP contribution in [0.3, 0.4) is 0 Å². The smallest absolute Gasteiger partial charge is 0.390 e. The summed E-state index contributed by atoms with van der Waals surface area (Å²) < 4.78 is 51.4. The van der Waals surface area contributed by atoms with E-state index in [9.17, 15) is 22.7 Å². The molecule has 0 saturated heterocycles. The largest absolute Gasteiger partial charge is 0.433 e. The van der Waals surface area contributed by atoms with Crippen LogP contribution >= 0.6 is 11.3 Å². The third-order valence-electron chi connectivity index (χ3n) is 4.93. The van der Waals surface area contributed by atoms with Crippen LogP contribution in [0.2, 0.25) is 0 Å². The number of aromatic nitrogens is 3. The summed E-state index contributed by atoms with van der Waals surface area (Å²) in [6.07, 6.45) is -1.53. The molecule has 0 saturated carbocycles. The predicted octanol–water partition coefficient (Wildman–Crippen LogP) is 4.39. The van der Waals surface area contributed by atoms with Gasteiger partial charge in [0, 0.05) is 36.4 Å². The first-order valence-electron chi connectivity index (χ1n) is 9.91. The van der Waals surface area contributed by atoms with Gasteiger partial charge in [-0.05, 0) is 35.1 Å². The highest BCUT2D eigenvalue weighted by atomic mass is 32.1. The molecule has 0 aliphatic carbocycles. The zero-order chi connectivity index (χ0) is 23.6. The Morgan fingerprint density at radius 2 is 1.88 bits per heavy atom. The second kappa shape index (κ2) is 9.38. The van der Waals surface area contributed by atoms with E-state index in [1.165, 1.54) is 35.9 Å². The number of aliphatic hydroxyl groups excluding tert-OH is 1. The monoisotopic (exact) mass is 477 g/mol. The molecule has 1 aromatic carbocycles. The molecule has 3 aromatic heterocycles. The lowest BCUT2D eigenvalue weighted by Gasteiger charge is -2.13. The lowest BCUT2D eigenvalue weighted by Crippen LogP contribution is -2.31.